The van der Waals surface area contributed by atoms with Gasteiger partial charge in [-0.3, -0.25) is 4.79 Å². The van der Waals surface area contributed by atoms with Crippen LogP contribution in [-0.4, -0.2) is 28.6 Å². The highest BCUT2D eigenvalue weighted by Crippen LogP contribution is 2.27. The van der Waals surface area contributed by atoms with Gasteiger partial charge in [0.1, 0.15) is 5.82 Å². The van der Waals surface area contributed by atoms with Gasteiger partial charge in [0.05, 0.1) is 22.3 Å². The highest BCUT2D eigenvalue weighted by molar-refractivity contribution is 6.05. The molecule has 0 aliphatic heterocycles. The molecule has 1 N–H and O–H groups in total. The van der Waals surface area contributed by atoms with Gasteiger partial charge in [0.25, 0.3) is 11.6 Å². The summed E-state index contributed by atoms with van der Waals surface area (Å²) in [5, 5.41) is 6.77. The van der Waals surface area contributed by atoms with Crippen molar-refractivity contribution in [2.24, 2.45) is 0 Å². The van der Waals surface area contributed by atoms with Crippen LogP contribution in [0.2, 0.25) is 0 Å². The third-order valence-electron chi connectivity index (χ3n) is 4.35. The Morgan fingerprint density at radius 3 is 2.67 bits per heavy atom. The van der Waals surface area contributed by atoms with Gasteiger partial charge in [-0.25, -0.2) is 14.2 Å². The summed E-state index contributed by atoms with van der Waals surface area (Å²) >= 11 is 0. The number of aromatic nitrogens is 2. The summed E-state index contributed by atoms with van der Waals surface area (Å²) in [6.45, 7) is 1.15. The van der Waals surface area contributed by atoms with Crippen LogP contribution in [-0.2, 0) is 9.53 Å². The van der Waals surface area contributed by atoms with E-state index in [9.17, 15) is 14.0 Å². The van der Waals surface area contributed by atoms with Crippen molar-refractivity contribution in [1.29, 1.82) is 0 Å². The Morgan fingerprint density at radius 1 is 1.10 bits per heavy atom. The first-order valence-corrected chi connectivity index (χ1v) is 9.06. The molecule has 30 heavy (non-hydrogen) atoms. The van der Waals surface area contributed by atoms with Gasteiger partial charge < -0.3 is 14.6 Å². The van der Waals surface area contributed by atoms with E-state index >= 15 is 0 Å². The number of halogens is 1. The average Bonchev–Trinajstić information content (AvgIpc) is 3.13. The van der Waals surface area contributed by atoms with Gasteiger partial charge in [-0.05, 0) is 31.2 Å². The van der Waals surface area contributed by atoms with Gasteiger partial charge in [-0.15, -0.1) is 0 Å². The highest BCUT2D eigenvalue weighted by atomic mass is 19.1. The molecule has 0 radical (unpaired) electrons. The molecule has 0 fully saturated rings. The Hall–Kier alpha value is -4.07. The number of pyridine rings is 1. The Bertz CT molecular complexity index is 1240. The number of amides is 1. The van der Waals surface area contributed by atoms with Crippen LogP contribution in [0.4, 0.5) is 10.1 Å². The van der Waals surface area contributed by atoms with E-state index < -0.39 is 24.3 Å². The fourth-order valence-corrected chi connectivity index (χ4v) is 2.98. The van der Waals surface area contributed by atoms with E-state index in [2.05, 4.69) is 15.5 Å². The summed E-state index contributed by atoms with van der Waals surface area (Å²) in [6.07, 6.45) is 0. The molecule has 0 aliphatic rings. The predicted octanol–water partition coefficient (Wildman–Crippen LogP) is 4.13. The summed E-state index contributed by atoms with van der Waals surface area (Å²) in [4.78, 5) is 29.2. The van der Waals surface area contributed by atoms with Gasteiger partial charge in [0.2, 0.25) is 0 Å². The van der Waals surface area contributed by atoms with Crippen molar-refractivity contribution in [2.45, 2.75) is 6.92 Å². The number of aryl methyl sites for hydroxylation is 1. The summed E-state index contributed by atoms with van der Waals surface area (Å²) in [6, 6.07) is 16.3. The lowest BCUT2D eigenvalue weighted by molar-refractivity contribution is -0.119. The number of ether oxygens (including phenoxy) is 1. The zero-order chi connectivity index (χ0) is 21.1. The molecule has 0 bridgehead atoms. The Kier molecular flexibility index (Phi) is 5.21. The van der Waals surface area contributed by atoms with Crippen molar-refractivity contribution in [3.63, 3.8) is 0 Å². The Balaban J connectivity index is 1.56. The maximum Gasteiger partial charge on any atom is 0.339 e. The molecular formula is C22H16FN3O4. The van der Waals surface area contributed by atoms with Crippen LogP contribution in [0.3, 0.4) is 0 Å². The fourth-order valence-electron chi connectivity index (χ4n) is 2.98. The molecule has 150 valence electrons. The molecule has 8 heteroatoms. The number of nitrogens with zero attached hydrogens (tertiary/aromatic N) is 2. The number of benzene rings is 2. The van der Waals surface area contributed by atoms with Gasteiger partial charge in [-0.2, -0.15) is 0 Å². The molecule has 2 aromatic carbocycles. The molecular weight excluding hydrogens is 389 g/mol. The van der Waals surface area contributed by atoms with Crippen molar-refractivity contribution in [1.82, 2.24) is 10.1 Å². The van der Waals surface area contributed by atoms with Crippen molar-refractivity contribution >= 4 is 28.7 Å². The Morgan fingerprint density at radius 2 is 1.90 bits per heavy atom. The third kappa shape index (κ3) is 4.02. The van der Waals surface area contributed by atoms with E-state index in [-0.39, 0.29) is 17.0 Å². The minimum Gasteiger partial charge on any atom is -0.452 e. The molecule has 0 saturated heterocycles. The molecule has 2 aromatic heterocycles. The van der Waals surface area contributed by atoms with Crippen molar-refractivity contribution in [3.05, 3.63) is 77.7 Å². The van der Waals surface area contributed by atoms with Crippen LogP contribution in [0.5, 0.6) is 0 Å². The summed E-state index contributed by atoms with van der Waals surface area (Å²) in [7, 11) is 0. The fraction of sp³-hybridized carbons (Fsp3) is 0.0909. The van der Waals surface area contributed by atoms with E-state index in [0.717, 1.165) is 5.56 Å². The third-order valence-corrected chi connectivity index (χ3v) is 4.35. The predicted molar refractivity (Wildman–Crippen MR) is 107 cm³/mol. The van der Waals surface area contributed by atoms with E-state index in [4.69, 9.17) is 9.26 Å². The van der Waals surface area contributed by atoms with Gasteiger partial charge in [0.15, 0.2) is 6.61 Å². The maximum atomic E-state index is 13.2. The monoisotopic (exact) mass is 405 g/mol. The number of anilines is 1. The van der Waals surface area contributed by atoms with Crippen LogP contribution in [0.15, 0.2) is 65.2 Å². The molecule has 1 amide bonds. The van der Waals surface area contributed by atoms with Gasteiger partial charge in [0, 0.05) is 11.3 Å². The number of hydrogen-bond acceptors (Lipinski definition) is 6. The molecule has 2 heterocycles. The lowest BCUT2D eigenvalue weighted by Gasteiger charge is -2.08. The molecule has 0 atom stereocenters. The number of fused-ring (bicyclic) bond motifs is 1. The van der Waals surface area contributed by atoms with Crippen LogP contribution >= 0.6 is 0 Å². The largest absolute Gasteiger partial charge is 0.452 e. The molecule has 0 saturated carbocycles. The molecule has 4 rings (SSSR count). The van der Waals surface area contributed by atoms with Crippen molar-refractivity contribution < 1.29 is 23.2 Å². The number of esters is 1. The first-order chi connectivity index (χ1) is 14.5. The van der Waals surface area contributed by atoms with E-state index in [1.807, 2.05) is 30.3 Å². The zero-order valence-electron chi connectivity index (χ0n) is 15.9. The number of carbonyl (C=O) groups excluding carboxylic acids is 2. The number of hydrogen-bond donors (Lipinski definition) is 1. The molecule has 0 spiro atoms. The van der Waals surface area contributed by atoms with E-state index in [1.165, 1.54) is 24.3 Å². The van der Waals surface area contributed by atoms with E-state index in [0.29, 0.717) is 16.8 Å². The standard InChI is InChI=1S/C22H16FN3O4/c1-13-20-17(11-18(25-21(20)30-26-13)14-6-3-2-4-7-14)22(28)29-12-19(27)24-16-9-5-8-15(23)10-16/h2-11H,12H2,1H3,(H,24,27). The summed E-state index contributed by atoms with van der Waals surface area (Å²) in [5.41, 5.74) is 2.43. The minimum absolute atomic E-state index is 0.191. The molecule has 0 unspecified atom stereocenters. The normalized spacial score (nSPS) is 10.7. The lowest BCUT2D eigenvalue weighted by atomic mass is 10.1. The number of carbonyl (C=O) groups is 2. The van der Waals surface area contributed by atoms with Crippen LogP contribution < -0.4 is 5.32 Å². The molecule has 0 aliphatic carbocycles. The topological polar surface area (TPSA) is 94.3 Å². The van der Waals surface area contributed by atoms with E-state index in [1.54, 1.807) is 13.0 Å². The van der Waals surface area contributed by atoms with Crippen LogP contribution in [0.1, 0.15) is 16.1 Å². The summed E-state index contributed by atoms with van der Waals surface area (Å²) in [5.74, 6) is -1.80. The number of rotatable bonds is 5. The highest BCUT2D eigenvalue weighted by Gasteiger charge is 2.21. The van der Waals surface area contributed by atoms with Crippen LogP contribution in [0, 0.1) is 12.7 Å². The second-order valence-electron chi connectivity index (χ2n) is 6.50. The van der Waals surface area contributed by atoms with Crippen molar-refractivity contribution in [2.75, 3.05) is 11.9 Å². The van der Waals surface area contributed by atoms with Gasteiger partial charge >= 0.3 is 5.97 Å². The maximum absolute atomic E-state index is 13.2. The first kappa shape index (κ1) is 19.3. The number of nitrogens with one attached hydrogen (secondary N) is 1. The molecule has 7 nitrogen and oxygen atoms in total. The van der Waals surface area contributed by atoms with Gasteiger partial charge in [-0.1, -0.05) is 41.6 Å². The second kappa shape index (κ2) is 8.12. The SMILES string of the molecule is Cc1noc2nc(-c3ccccc3)cc(C(=O)OCC(=O)Nc3cccc(F)c3)c12. The minimum atomic E-state index is -0.722. The second-order valence-corrected chi connectivity index (χ2v) is 6.50. The van der Waals surface area contributed by atoms with Crippen molar-refractivity contribution in [3.8, 4) is 11.3 Å². The Labute approximate surface area is 170 Å². The lowest BCUT2D eigenvalue weighted by Crippen LogP contribution is -2.21. The first-order valence-electron chi connectivity index (χ1n) is 9.06. The smallest absolute Gasteiger partial charge is 0.339 e. The zero-order valence-corrected chi connectivity index (χ0v) is 15.9. The quantitative estimate of drug-likeness (QED) is 0.502. The van der Waals surface area contributed by atoms with Crippen LogP contribution in [0.25, 0.3) is 22.4 Å². The average molecular weight is 405 g/mol. The molecule has 4 aromatic rings. The summed E-state index contributed by atoms with van der Waals surface area (Å²) < 4.78 is 23.6.